The molecule has 0 aliphatic rings. The molecule has 0 heterocycles. The number of benzene rings is 1. The quantitative estimate of drug-likeness (QED) is 0.557. The second kappa shape index (κ2) is 11.8. The van der Waals surface area contributed by atoms with Crippen LogP contribution in [0.5, 0.6) is 5.75 Å². The number of ether oxygens (including phenoxy) is 3. The number of anilines is 1. The Bertz CT molecular complexity index is 494. The molecule has 0 bridgehead atoms. The summed E-state index contributed by atoms with van der Waals surface area (Å²) in [6.07, 6.45) is 1.42. The summed E-state index contributed by atoms with van der Waals surface area (Å²) in [5.74, 6) is -0.0977. The Morgan fingerprint density at radius 2 is 1.79 bits per heavy atom. The molecule has 0 amide bonds. The second-order valence-corrected chi connectivity index (χ2v) is 5.87. The Labute approximate surface area is 143 Å². The summed E-state index contributed by atoms with van der Waals surface area (Å²) in [5, 5.41) is 3.14. The lowest BCUT2D eigenvalue weighted by Crippen LogP contribution is -2.10. The van der Waals surface area contributed by atoms with E-state index < -0.39 is 0 Å². The Morgan fingerprint density at radius 3 is 2.42 bits per heavy atom. The van der Waals surface area contributed by atoms with Crippen LogP contribution in [0.4, 0.5) is 10.1 Å². The number of carbonyl (C=O) groups is 1. The van der Waals surface area contributed by atoms with Crippen LogP contribution in [0.1, 0.15) is 33.6 Å². The van der Waals surface area contributed by atoms with E-state index in [1.165, 1.54) is 13.0 Å². The van der Waals surface area contributed by atoms with E-state index in [1.54, 1.807) is 12.1 Å². The Kier molecular flexibility index (Phi) is 10.0. The smallest absolute Gasteiger partial charge is 0.167 e. The molecule has 1 aromatic rings. The van der Waals surface area contributed by atoms with Crippen LogP contribution < -0.4 is 10.1 Å². The van der Waals surface area contributed by atoms with Crippen molar-refractivity contribution in [2.75, 3.05) is 38.4 Å². The minimum Gasteiger partial charge on any atom is -0.490 e. The van der Waals surface area contributed by atoms with E-state index in [0.29, 0.717) is 32.8 Å². The molecule has 0 spiro atoms. The van der Waals surface area contributed by atoms with Crippen molar-refractivity contribution in [1.29, 1.82) is 0 Å². The monoisotopic (exact) mass is 341 g/mol. The van der Waals surface area contributed by atoms with E-state index >= 15 is 0 Å². The van der Waals surface area contributed by atoms with Crippen molar-refractivity contribution >= 4 is 11.5 Å². The van der Waals surface area contributed by atoms with Gasteiger partial charge in [0.25, 0.3) is 0 Å². The zero-order valence-electron chi connectivity index (χ0n) is 14.8. The van der Waals surface area contributed by atoms with Gasteiger partial charge in [0, 0.05) is 44.0 Å². The van der Waals surface area contributed by atoms with E-state index in [-0.39, 0.29) is 30.0 Å². The number of hydrogen-bond donors (Lipinski definition) is 1. The minimum absolute atomic E-state index is 0.0216. The van der Waals surface area contributed by atoms with Crippen molar-refractivity contribution in [2.45, 2.75) is 39.7 Å². The van der Waals surface area contributed by atoms with E-state index in [0.717, 1.165) is 12.1 Å². The molecule has 0 aliphatic heterocycles. The third-order valence-corrected chi connectivity index (χ3v) is 2.96. The van der Waals surface area contributed by atoms with Gasteiger partial charge in [-0.25, -0.2) is 4.39 Å². The van der Waals surface area contributed by atoms with Gasteiger partial charge in [0.15, 0.2) is 17.3 Å². The number of rotatable bonds is 13. The van der Waals surface area contributed by atoms with E-state index in [4.69, 9.17) is 14.2 Å². The third-order valence-electron chi connectivity index (χ3n) is 2.96. The van der Waals surface area contributed by atoms with Crippen LogP contribution >= 0.6 is 0 Å². The summed E-state index contributed by atoms with van der Waals surface area (Å²) in [4.78, 5) is 10.7. The molecule has 0 saturated carbocycles. The first-order chi connectivity index (χ1) is 11.5. The van der Waals surface area contributed by atoms with Crippen LogP contribution in [0.25, 0.3) is 0 Å². The Balaban J connectivity index is 2.08. The van der Waals surface area contributed by atoms with Crippen molar-refractivity contribution in [3.8, 4) is 5.75 Å². The fourth-order valence-corrected chi connectivity index (χ4v) is 1.97. The van der Waals surface area contributed by atoms with Gasteiger partial charge in [-0.2, -0.15) is 0 Å². The van der Waals surface area contributed by atoms with E-state index in [2.05, 4.69) is 5.32 Å². The molecule has 0 aliphatic carbocycles. The molecule has 0 atom stereocenters. The molecule has 0 saturated heterocycles. The number of Topliss-reactive ketones (excluding diaryl/α,β-unsaturated/α-hetero) is 1. The summed E-state index contributed by atoms with van der Waals surface area (Å²) in [6.45, 7) is 7.67. The van der Waals surface area contributed by atoms with Crippen molar-refractivity contribution in [2.24, 2.45) is 0 Å². The van der Waals surface area contributed by atoms with Gasteiger partial charge in [0.05, 0.1) is 6.61 Å². The molecule has 24 heavy (non-hydrogen) atoms. The highest BCUT2D eigenvalue weighted by atomic mass is 19.1. The largest absolute Gasteiger partial charge is 0.490 e. The van der Waals surface area contributed by atoms with Crippen LogP contribution in [0.3, 0.4) is 0 Å². The van der Waals surface area contributed by atoms with Crippen molar-refractivity contribution < 1.29 is 23.4 Å². The zero-order valence-corrected chi connectivity index (χ0v) is 14.8. The van der Waals surface area contributed by atoms with Gasteiger partial charge >= 0.3 is 0 Å². The Morgan fingerprint density at radius 1 is 1.12 bits per heavy atom. The van der Waals surface area contributed by atoms with Gasteiger partial charge in [0.2, 0.25) is 0 Å². The van der Waals surface area contributed by atoms with Gasteiger partial charge in [-0.1, -0.05) is 0 Å². The van der Waals surface area contributed by atoms with Crippen molar-refractivity contribution in [3.63, 3.8) is 0 Å². The normalized spacial score (nSPS) is 10.9. The third kappa shape index (κ3) is 9.47. The van der Waals surface area contributed by atoms with E-state index in [1.807, 2.05) is 13.8 Å². The molecule has 0 fully saturated rings. The molecule has 0 aromatic heterocycles. The maximum absolute atomic E-state index is 13.9. The number of ketones is 1. The molecule has 0 unspecified atom stereocenters. The second-order valence-electron chi connectivity index (χ2n) is 5.87. The fraction of sp³-hybridized carbons (Fsp3) is 0.611. The number of hydrogen-bond acceptors (Lipinski definition) is 5. The van der Waals surface area contributed by atoms with Crippen LogP contribution in [0.15, 0.2) is 18.2 Å². The first-order valence-corrected chi connectivity index (χ1v) is 8.33. The molecule has 0 radical (unpaired) electrons. The summed E-state index contributed by atoms with van der Waals surface area (Å²) in [5.41, 5.74) is 0.741. The minimum atomic E-state index is -0.371. The lowest BCUT2D eigenvalue weighted by Gasteiger charge is -2.12. The first kappa shape index (κ1) is 20.4. The molecule has 1 rings (SSSR count). The summed E-state index contributed by atoms with van der Waals surface area (Å²) in [7, 11) is 0. The highest BCUT2D eigenvalue weighted by molar-refractivity contribution is 5.76. The van der Waals surface area contributed by atoms with Gasteiger partial charge in [-0.3, -0.25) is 4.79 Å². The van der Waals surface area contributed by atoms with Gasteiger partial charge in [-0.15, -0.1) is 0 Å². The lowest BCUT2D eigenvalue weighted by molar-refractivity contribution is -0.121. The topological polar surface area (TPSA) is 56.8 Å². The number of halogens is 1. The summed E-state index contributed by atoms with van der Waals surface area (Å²) >= 11 is 0. The van der Waals surface area contributed by atoms with Crippen LogP contribution in [0.2, 0.25) is 0 Å². The summed E-state index contributed by atoms with van der Waals surface area (Å²) in [6, 6.07) is 5.12. The molecule has 1 N–H and O–H groups in total. The highest BCUT2D eigenvalue weighted by Gasteiger charge is 2.05. The maximum atomic E-state index is 13.9. The summed E-state index contributed by atoms with van der Waals surface area (Å²) < 4.78 is 29.8. The van der Waals surface area contributed by atoms with Crippen LogP contribution in [-0.4, -0.2) is 44.9 Å². The standard InChI is InChI=1S/C18H28FNO4/c1-14(2)20-16-6-7-18(17(19)12-16)24-11-5-9-22-8-4-10-23-13-15(3)21/h6-7,12,14,20H,4-5,8-11,13H2,1-3H3. The predicted octanol–water partition coefficient (Wildman–Crippen LogP) is 3.43. The number of nitrogens with one attached hydrogen (secondary N) is 1. The van der Waals surface area contributed by atoms with Crippen molar-refractivity contribution in [3.05, 3.63) is 24.0 Å². The average Bonchev–Trinajstić information content (AvgIpc) is 2.50. The highest BCUT2D eigenvalue weighted by Crippen LogP contribution is 2.21. The molecular weight excluding hydrogens is 313 g/mol. The number of carbonyl (C=O) groups excluding carboxylic acids is 1. The van der Waals surface area contributed by atoms with Crippen molar-refractivity contribution in [1.82, 2.24) is 0 Å². The SMILES string of the molecule is CC(=O)COCCCOCCCOc1ccc(NC(C)C)cc1F. The molecule has 5 nitrogen and oxygen atoms in total. The molecule has 1 aromatic carbocycles. The average molecular weight is 341 g/mol. The molecule has 136 valence electrons. The molecular formula is C18H28FNO4. The molecule has 6 heteroatoms. The van der Waals surface area contributed by atoms with Crippen LogP contribution in [0, 0.1) is 5.82 Å². The Hall–Kier alpha value is -1.66. The first-order valence-electron chi connectivity index (χ1n) is 8.33. The van der Waals surface area contributed by atoms with Gasteiger partial charge in [-0.05, 0) is 39.3 Å². The predicted molar refractivity (Wildman–Crippen MR) is 92.2 cm³/mol. The fourth-order valence-electron chi connectivity index (χ4n) is 1.97. The van der Waals surface area contributed by atoms with Gasteiger partial charge < -0.3 is 19.5 Å². The zero-order chi connectivity index (χ0) is 17.8. The van der Waals surface area contributed by atoms with Gasteiger partial charge in [0.1, 0.15) is 6.61 Å². The lowest BCUT2D eigenvalue weighted by atomic mass is 10.2. The maximum Gasteiger partial charge on any atom is 0.167 e. The van der Waals surface area contributed by atoms with Crippen LogP contribution in [-0.2, 0) is 14.3 Å². The van der Waals surface area contributed by atoms with E-state index in [9.17, 15) is 9.18 Å².